The molecule has 0 spiro atoms. The molecule has 1 aliphatic rings. The van der Waals surface area contributed by atoms with E-state index in [0.29, 0.717) is 43.9 Å². The standard InChI is InChI=1S/C23H25F3N4O/c1-4-18-21(30-14-17(23(24,25)26)8-9-20(30)27-18)22(31)29-12-10-28(11-13-29)19-7-5-6-15(2)16(19)3/h5-9,14H,4,10-13H2,1-3H3. The van der Waals surface area contributed by atoms with Gasteiger partial charge in [0.05, 0.1) is 11.3 Å². The summed E-state index contributed by atoms with van der Waals surface area (Å²) in [5.74, 6) is -0.274. The molecule has 1 aliphatic heterocycles. The minimum absolute atomic E-state index is 0.226. The molecule has 1 aromatic carbocycles. The van der Waals surface area contributed by atoms with Gasteiger partial charge in [-0.3, -0.25) is 9.20 Å². The first kappa shape index (κ1) is 21.2. The smallest absolute Gasteiger partial charge is 0.368 e. The third-order valence-electron chi connectivity index (χ3n) is 6.04. The second kappa shape index (κ2) is 7.90. The van der Waals surface area contributed by atoms with Gasteiger partial charge >= 0.3 is 6.18 Å². The molecule has 5 nitrogen and oxygen atoms in total. The molecule has 1 saturated heterocycles. The lowest BCUT2D eigenvalue weighted by molar-refractivity contribution is -0.137. The van der Waals surface area contributed by atoms with Crippen molar-refractivity contribution in [3.8, 4) is 0 Å². The first-order valence-electron chi connectivity index (χ1n) is 10.4. The van der Waals surface area contributed by atoms with Gasteiger partial charge in [0.2, 0.25) is 0 Å². The number of amides is 1. The SMILES string of the molecule is CCc1nc2ccc(C(F)(F)F)cn2c1C(=O)N1CCN(c2cccc(C)c2C)CC1. The average Bonchev–Trinajstić information content (AvgIpc) is 3.12. The van der Waals surface area contributed by atoms with Gasteiger partial charge in [0.25, 0.3) is 5.91 Å². The molecule has 8 heteroatoms. The Morgan fingerprint density at radius 2 is 1.77 bits per heavy atom. The molecule has 0 saturated carbocycles. The molecule has 0 radical (unpaired) electrons. The molecule has 164 valence electrons. The first-order chi connectivity index (χ1) is 14.7. The number of aryl methyl sites for hydroxylation is 2. The van der Waals surface area contributed by atoms with Crippen LogP contribution in [0.15, 0.2) is 36.5 Å². The second-order valence-electron chi connectivity index (χ2n) is 7.90. The van der Waals surface area contributed by atoms with E-state index in [1.54, 1.807) is 4.90 Å². The number of alkyl halides is 3. The summed E-state index contributed by atoms with van der Waals surface area (Å²) in [4.78, 5) is 21.7. The molecule has 1 fully saturated rings. The molecule has 0 atom stereocenters. The molecule has 0 bridgehead atoms. The number of aromatic nitrogens is 2. The Hall–Kier alpha value is -3.03. The number of benzene rings is 1. The van der Waals surface area contributed by atoms with Crippen LogP contribution in [0, 0.1) is 13.8 Å². The number of hydrogen-bond donors (Lipinski definition) is 0. The summed E-state index contributed by atoms with van der Waals surface area (Å²) in [6, 6.07) is 8.50. The summed E-state index contributed by atoms with van der Waals surface area (Å²) in [6.45, 7) is 8.35. The van der Waals surface area contributed by atoms with E-state index in [1.807, 2.05) is 13.0 Å². The zero-order valence-electron chi connectivity index (χ0n) is 17.8. The van der Waals surface area contributed by atoms with Gasteiger partial charge in [-0.2, -0.15) is 13.2 Å². The highest BCUT2D eigenvalue weighted by Crippen LogP contribution is 2.30. The van der Waals surface area contributed by atoms with Crippen LogP contribution in [0.25, 0.3) is 5.65 Å². The van der Waals surface area contributed by atoms with E-state index < -0.39 is 11.7 Å². The van der Waals surface area contributed by atoms with Crippen molar-refractivity contribution in [3.05, 3.63) is 64.6 Å². The first-order valence-corrected chi connectivity index (χ1v) is 10.4. The van der Waals surface area contributed by atoms with Gasteiger partial charge in [-0.1, -0.05) is 19.1 Å². The van der Waals surface area contributed by atoms with E-state index in [1.165, 1.54) is 21.6 Å². The predicted octanol–water partition coefficient (Wildman–Crippen LogP) is 4.49. The average molecular weight is 430 g/mol. The number of fused-ring (bicyclic) bond motifs is 1. The molecule has 3 aromatic rings. The van der Waals surface area contributed by atoms with Gasteiger partial charge in [-0.15, -0.1) is 0 Å². The van der Waals surface area contributed by atoms with Gasteiger partial charge < -0.3 is 9.80 Å². The molecule has 31 heavy (non-hydrogen) atoms. The third kappa shape index (κ3) is 3.86. The Balaban J connectivity index is 1.61. The largest absolute Gasteiger partial charge is 0.417 e. The van der Waals surface area contributed by atoms with Crippen LogP contribution >= 0.6 is 0 Å². The quantitative estimate of drug-likeness (QED) is 0.615. The van der Waals surface area contributed by atoms with Gasteiger partial charge in [0.15, 0.2) is 0 Å². The molecular formula is C23H25F3N4O. The fourth-order valence-electron chi connectivity index (χ4n) is 4.11. The number of anilines is 1. The van der Waals surface area contributed by atoms with Crippen molar-refractivity contribution < 1.29 is 18.0 Å². The zero-order chi connectivity index (χ0) is 22.3. The van der Waals surface area contributed by atoms with Crippen molar-refractivity contribution in [2.24, 2.45) is 0 Å². The molecule has 3 heterocycles. The van der Waals surface area contributed by atoms with Crippen LogP contribution in [0.1, 0.15) is 39.8 Å². The summed E-state index contributed by atoms with van der Waals surface area (Å²) in [6.07, 6.45) is -3.05. The van der Waals surface area contributed by atoms with E-state index in [2.05, 4.69) is 35.9 Å². The topological polar surface area (TPSA) is 40.9 Å². The van der Waals surface area contributed by atoms with Crippen molar-refractivity contribution >= 4 is 17.2 Å². The second-order valence-corrected chi connectivity index (χ2v) is 7.90. The van der Waals surface area contributed by atoms with E-state index >= 15 is 0 Å². The summed E-state index contributed by atoms with van der Waals surface area (Å²) in [5.41, 5.74) is 3.89. The maximum Gasteiger partial charge on any atom is 0.417 e. The van der Waals surface area contributed by atoms with Crippen LogP contribution in [-0.2, 0) is 12.6 Å². The van der Waals surface area contributed by atoms with Crippen molar-refractivity contribution in [1.82, 2.24) is 14.3 Å². The van der Waals surface area contributed by atoms with E-state index in [-0.39, 0.29) is 11.6 Å². The normalized spacial score (nSPS) is 15.0. The third-order valence-corrected chi connectivity index (χ3v) is 6.04. The maximum atomic E-state index is 13.3. The lowest BCUT2D eigenvalue weighted by atomic mass is 10.1. The molecule has 0 N–H and O–H groups in total. The van der Waals surface area contributed by atoms with E-state index in [9.17, 15) is 18.0 Å². The minimum Gasteiger partial charge on any atom is -0.368 e. The van der Waals surface area contributed by atoms with Crippen LogP contribution in [-0.4, -0.2) is 46.4 Å². The molecule has 2 aromatic heterocycles. The number of nitrogens with zero attached hydrogens (tertiary/aromatic N) is 4. The Kier molecular flexibility index (Phi) is 5.41. The number of imidazole rings is 1. The van der Waals surface area contributed by atoms with E-state index in [4.69, 9.17) is 0 Å². The number of halogens is 3. The fraction of sp³-hybridized carbons (Fsp3) is 0.391. The lowest BCUT2D eigenvalue weighted by Crippen LogP contribution is -2.49. The lowest BCUT2D eigenvalue weighted by Gasteiger charge is -2.37. The number of carbonyl (C=O) groups excluding carboxylic acids is 1. The van der Waals surface area contributed by atoms with Crippen LogP contribution in [0.4, 0.5) is 18.9 Å². The van der Waals surface area contributed by atoms with Crippen LogP contribution in [0.5, 0.6) is 0 Å². The number of piperazine rings is 1. The maximum absolute atomic E-state index is 13.3. The summed E-state index contributed by atoms with van der Waals surface area (Å²) < 4.78 is 41.0. The van der Waals surface area contributed by atoms with Crippen molar-refractivity contribution in [3.63, 3.8) is 0 Å². The van der Waals surface area contributed by atoms with Gasteiger partial charge in [-0.05, 0) is 49.6 Å². The van der Waals surface area contributed by atoms with Gasteiger partial charge in [0.1, 0.15) is 11.3 Å². The highest BCUT2D eigenvalue weighted by molar-refractivity contribution is 5.95. The Morgan fingerprint density at radius 3 is 2.42 bits per heavy atom. The van der Waals surface area contributed by atoms with Crippen molar-refractivity contribution in [2.75, 3.05) is 31.1 Å². The van der Waals surface area contributed by atoms with Gasteiger partial charge in [-0.25, -0.2) is 4.98 Å². The number of pyridine rings is 1. The van der Waals surface area contributed by atoms with Crippen molar-refractivity contribution in [1.29, 1.82) is 0 Å². The predicted molar refractivity (Wildman–Crippen MR) is 114 cm³/mol. The van der Waals surface area contributed by atoms with Gasteiger partial charge in [0, 0.05) is 38.1 Å². The summed E-state index contributed by atoms with van der Waals surface area (Å²) in [5, 5.41) is 0. The minimum atomic E-state index is -4.48. The molecule has 0 unspecified atom stereocenters. The molecule has 0 aliphatic carbocycles. The fourth-order valence-corrected chi connectivity index (χ4v) is 4.11. The molecule has 1 amide bonds. The Labute approximate surface area is 179 Å². The monoisotopic (exact) mass is 430 g/mol. The Morgan fingerprint density at radius 1 is 1.06 bits per heavy atom. The summed E-state index contributed by atoms with van der Waals surface area (Å²) in [7, 11) is 0. The van der Waals surface area contributed by atoms with Crippen molar-refractivity contribution in [2.45, 2.75) is 33.4 Å². The number of hydrogen-bond acceptors (Lipinski definition) is 3. The van der Waals surface area contributed by atoms with Crippen LogP contribution in [0.2, 0.25) is 0 Å². The summed E-state index contributed by atoms with van der Waals surface area (Å²) >= 11 is 0. The highest BCUT2D eigenvalue weighted by Gasteiger charge is 2.33. The number of rotatable bonds is 3. The highest BCUT2D eigenvalue weighted by atomic mass is 19.4. The number of carbonyl (C=O) groups is 1. The molecular weight excluding hydrogens is 405 g/mol. The van der Waals surface area contributed by atoms with E-state index in [0.717, 1.165) is 18.0 Å². The Bertz CT molecular complexity index is 1130. The zero-order valence-corrected chi connectivity index (χ0v) is 17.8. The molecule has 4 rings (SSSR count). The van der Waals surface area contributed by atoms with Crippen LogP contribution in [0.3, 0.4) is 0 Å². The van der Waals surface area contributed by atoms with Crippen LogP contribution < -0.4 is 4.90 Å².